The van der Waals surface area contributed by atoms with Gasteiger partial charge >= 0.3 is 5.69 Å². The van der Waals surface area contributed by atoms with Gasteiger partial charge < -0.3 is 4.57 Å². The molecule has 0 fully saturated rings. The molecule has 1 aromatic carbocycles. The number of aromatic amines is 1. The first-order valence-electron chi connectivity index (χ1n) is 7.89. The van der Waals surface area contributed by atoms with Crippen LogP contribution >= 0.6 is 11.8 Å². The predicted octanol–water partition coefficient (Wildman–Crippen LogP) is 2.45. The van der Waals surface area contributed by atoms with Crippen molar-refractivity contribution in [2.75, 3.05) is 5.75 Å². The molecule has 0 aliphatic rings. The van der Waals surface area contributed by atoms with Crippen molar-refractivity contribution in [3.8, 4) is 0 Å². The van der Waals surface area contributed by atoms with E-state index in [-0.39, 0.29) is 0 Å². The highest BCUT2D eigenvalue weighted by molar-refractivity contribution is 7.99. The summed E-state index contributed by atoms with van der Waals surface area (Å²) >= 11 is 1.51. The molecule has 0 aliphatic carbocycles. The molecule has 3 aromatic rings. The van der Waals surface area contributed by atoms with Gasteiger partial charge in [0.1, 0.15) is 0 Å². The van der Waals surface area contributed by atoms with Crippen molar-refractivity contribution < 1.29 is 0 Å². The predicted molar refractivity (Wildman–Crippen MR) is 101 cm³/mol. The van der Waals surface area contributed by atoms with E-state index in [9.17, 15) is 9.59 Å². The van der Waals surface area contributed by atoms with E-state index >= 15 is 0 Å². The minimum absolute atomic E-state index is 0.394. The summed E-state index contributed by atoms with van der Waals surface area (Å²) in [4.78, 5) is 31.2. The molecule has 130 valence electrons. The van der Waals surface area contributed by atoms with E-state index in [4.69, 9.17) is 0 Å². The third-order valence-electron chi connectivity index (χ3n) is 3.88. The van der Waals surface area contributed by atoms with Crippen molar-refractivity contribution in [2.45, 2.75) is 25.5 Å². The van der Waals surface area contributed by atoms with Crippen LogP contribution in [0.4, 0.5) is 0 Å². The van der Waals surface area contributed by atoms with Gasteiger partial charge in [-0.15, -0.1) is 0 Å². The average molecular weight is 356 g/mol. The van der Waals surface area contributed by atoms with E-state index in [2.05, 4.69) is 16.5 Å². The van der Waals surface area contributed by atoms with Gasteiger partial charge in [-0.2, -0.15) is 0 Å². The number of thioether (sulfide) groups is 1. The molecule has 0 spiro atoms. The number of hydrogen-bond acceptors (Lipinski definition) is 4. The molecular formula is C18H20N4O2S. The first-order chi connectivity index (χ1) is 11.9. The lowest BCUT2D eigenvalue weighted by Gasteiger charge is -2.09. The van der Waals surface area contributed by atoms with Crippen LogP contribution in [-0.2, 0) is 13.6 Å². The van der Waals surface area contributed by atoms with Crippen LogP contribution in [0.2, 0.25) is 0 Å². The van der Waals surface area contributed by atoms with Crippen molar-refractivity contribution >= 4 is 22.9 Å². The van der Waals surface area contributed by atoms with E-state index in [0.29, 0.717) is 28.6 Å². The van der Waals surface area contributed by atoms with Crippen molar-refractivity contribution in [1.29, 1.82) is 0 Å². The number of aromatic nitrogens is 4. The van der Waals surface area contributed by atoms with Crippen molar-refractivity contribution in [1.82, 2.24) is 19.1 Å². The molecule has 2 aromatic heterocycles. The zero-order valence-electron chi connectivity index (χ0n) is 14.5. The molecule has 0 saturated carbocycles. The Morgan fingerprint density at radius 3 is 2.60 bits per heavy atom. The molecule has 0 aliphatic heterocycles. The number of fused-ring (bicyclic) bond motifs is 1. The number of aryl methyl sites for hydroxylation is 2. The fourth-order valence-electron chi connectivity index (χ4n) is 2.54. The number of hydrogen-bond donors (Lipinski definition) is 1. The van der Waals surface area contributed by atoms with Gasteiger partial charge in [-0.3, -0.25) is 14.3 Å². The van der Waals surface area contributed by atoms with Crippen LogP contribution in [0, 0.1) is 6.92 Å². The second-order valence-electron chi connectivity index (χ2n) is 6.20. The Morgan fingerprint density at radius 2 is 1.96 bits per heavy atom. The summed E-state index contributed by atoms with van der Waals surface area (Å²) in [6.45, 7) is 8.41. The molecule has 0 saturated heterocycles. The Kier molecular flexibility index (Phi) is 4.67. The molecule has 25 heavy (non-hydrogen) atoms. The topological polar surface area (TPSA) is 72.7 Å². The second-order valence-corrected chi connectivity index (χ2v) is 7.14. The molecule has 0 atom stereocenters. The van der Waals surface area contributed by atoms with Crippen molar-refractivity contribution in [3.05, 3.63) is 68.4 Å². The lowest BCUT2D eigenvalue weighted by atomic mass is 10.1. The maximum Gasteiger partial charge on any atom is 0.329 e. The number of nitrogens with one attached hydrogen (secondary N) is 1. The van der Waals surface area contributed by atoms with Gasteiger partial charge in [0.25, 0.3) is 5.56 Å². The third kappa shape index (κ3) is 3.46. The van der Waals surface area contributed by atoms with Gasteiger partial charge in [-0.25, -0.2) is 9.78 Å². The fourth-order valence-corrected chi connectivity index (χ4v) is 3.37. The molecular weight excluding hydrogens is 336 g/mol. The normalized spacial score (nSPS) is 11.2. The van der Waals surface area contributed by atoms with Crippen LogP contribution in [0.25, 0.3) is 11.2 Å². The molecule has 0 radical (unpaired) electrons. The first-order valence-corrected chi connectivity index (χ1v) is 8.87. The van der Waals surface area contributed by atoms with Gasteiger partial charge in [0.05, 0.1) is 6.54 Å². The summed E-state index contributed by atoms with van der Waals surface area (Å²) in [6, 6.07) is 8.14. The second kappa shape index (κ2) is 6.76. The zero-order chi connectivity index (χ0) is 18.1. The number of H-pyrrole nitrogens is 1. The quantitative estimate of drug-likeness (QED) is 0.563. The van der Waals surface area contributed by atoms with E-state index in [0.717, 1.165) is 11.1 Å². The molecule has 7 heteroatoms. The number of benzene rings is 1. The highest BCUT2D eigenvalue weighted by Gasteiger charge is 2.17. The van der Waals surface area contributed by atoms with Crippen molar-refractivity contribution in [3.63, 3.8) is 0 Å². The van der Waals surface area contributed by atoms with Crippen LogP contribution in [-0.4, -0.2) is 24.9 Å². The molecule has 1 N–H and O–H groups in total. The largest absolute Gasteiger partial charge is 0.329 e. The van der Waals surface area contributed by atoms with Gasteiger partial charge in [-0.05, 0) is 19.4 Å². The van der Waals surface area contributed by atoms with E-state index in [1.165, 1.54) is 21.9 Å². The van der Waals surface area contributed by atoms with E-state index in [1.54, 1.807) is 7.05 Å². The summed E-state index contributed by atoms with van der Waals surface area (Å²) in [5.41, 5.74) is 3.18. The van der Waals surface area contributed by atoms with Crippen LogP contribution < -0.4 is 11.2 Å². The first kappa shape index (κ1) is 17.3. The summed E-state index contributed by atoms with van der Waals surface area (Å²) in [5.74, 6) is 0.697. The molecule has 2 heterocycles. The Labute approximate surface area is 149 Å². The number of rotatable bonds is 5. The van der Waals surface area contributed by atoms with Crippen molar-refractivity contribution in [2.24, 2.45) is 7.05 Å². The van der Waals surface area contributed by atoms with Gasteiger partial charge in [-0.1, -0.05) is 53.7 Å². The lowest BCUT2D eigenvalue weighted by Crippen LogP contribution is -2.29. The fraction of sp³-hybridized carbons (Fsp3) is 0.278. The smallest absolute Gasteiger partial charge is 0.309 e. The monoisotopic (exact) mass is 356 g/mol. The van der Waals surface area contributed by atoms with Crippen LogP contribution in [0.3, 0.4) is 0 Å². The van der Waals surface area contributed by atoms with Gasteiger partial charge in [0, 0.05) is 12.8 Å². The maximum absolute atomic E-state index is 12.4. The van der Waals surface area contributed by atoms with Crippen LogP contribution in [0.1, 0.15) is 18.1 Å². The van der Waals surface area contributed by atoms with E-state index in [1.807, 2.05) is 42.7 Å². The minimum Gasteiger partial charge on any atom is -0.309 e. The molecule has 6 nitrogen and oxygen atoms in total. The summed E-state index contributed by atoms with van der Waals surface area (Å²) in [6.07, 6.45) is 0. The van der Waals surface area contributed by atoms with Crippen LogP contribution in [0.5, 0.6) is 0 Å². The molecule has 0 bridgehead atoms. The third-order valence-corrected chi connectivity index (χ3v) is 5.09. The van der Waals surface area contributed by atoms with Gasteiger partial charge in [0.15, 0.2) is 16.3 Å². The summed E-state index contributed by atoms with van der Waals surface area (Å²) in [7, 11) is 1.61. The Morgan fingerprint density at radius 1 is 1.28 bits per heavy atom. The van der Waals surface area contributed by atoms with Crippen LogP contribution in [0.15, 0.2) is 51.2 Å². The Hall–Kier alpha value is -2.54. The zero-order valence-corrected chi connectivity index (χ0v) is 15.3. The Balaban J connectivity index is 2.18. The average Bonchev–Trinajstić information content (AvgIpc) is 2.92. The highest BCUT2D eigenvalue weighted by atomic mass is 32.2. The maximum atomic E-state index is 12.4. The SMILES string of the molecule is C=C(C)CSc1nc2c(c(=O)[nH]c(=O)n2C)n1Cc1ccc(C)cc1. The summed E-state index contributed by atoms with van der Waals surface area (Å²) in [5, 5.41) is 0.699. The number of nitrogens with zero attached hydrogens (tertiary/aromatic N) is 3. The standard InChI is InChI=1S/C18H20N4O2S/c1-11(2)10-25-18-19-15-14(16(23)20-17(24)21(15)4)22(18)9-13-7-5-12(3)6-8-13/h5-8H,1,9-10H2,2-4H3,(H,20,23,24). The molecule has 0 amide bonds. The molecule has 3 rings (SSSR count). The lowest BCUT2D eigenvalue weighted by molar-refractivity contribution is 0.728. The highest BCUT2D eigenvalue weighted by Crippen LogP contribution is 2.24. The number of imidazole rings is 1. The Bertz CT molecular complexity index is 1060. The van der Waals surface area contributed by atoms with Gasteiger partial charge in [0.2, 0.25) is 0 Å². The minimum atomic E-state index is -0.464. The van der Waals surface area contributed by atoms with E-state index < -0.39 is 11.2 Å². The molecule has 0 unspecified atom stereocenters. The summed E-state index contributed by atoms with van der Waals surface area (Å²) < 4.78 is 3.24.